The molecule has 0 amide bonds. The van der Waals surface area contributed by atoms with Crippen LogP contribution in [-0.2, 0) is 0 Å². The predicted octanol–water partition coefficient (Wildman–Crippen LogP) is 3.15. The van der Waals surface area contributed by atoms with E-state index in [1.807, 2.05) is 12.1 Å². The highest BCUT2D eigenvalue weighted by Crippen LogP contribution is 2.10. The van der Waals surface area contributed by atoms with Gasteiger partial charge in [-0.3, -0.25) is 0 Å². The molecule has 0 unspecified atom stereocenters. The summed E-state index contributed by atoms with van der Waals surface area (Å²) >= 11 is 0. The number of hydrogen-bond donors (Lipinski definition) is 2. The lowest BCUT2D eigenvalue weighted by atomic mass is 10.1. The summed E-state index contributed by atoms with van der Waals surface area (Å²) in [6.45, 7) is 4.24. The SMILES string of the molecule is Cc1ccccc1C.Nc1ccccc1N. The molecule has 84 valence electrons. The summed E-state index contributed by atoms with van der Waals surface area (Å²) in [5.74, 6) is 0. The van der Waals surface area contributed by atoms with E-state index in [4.69, 9.17) is 11.5 Å². The Balaban J connectivity index is 0.000000160. The molecule has 4 N–H and O–H groups in total. The van der Waals surface area contributed by atoms with Gasteiger partial charge >= 0.3 is 0 Å². The quantitative estimate of drug-likeness (QED) is 0.662. The second-order valence-electron chi connectivity index (χ2n) is 3.71. The normalized spacial score (nSPS) is 9.12. The third kappa shape index (κ3) is 3.65. The van der Waals surface area contributed by atoms with Crippen molar-refractivity contribution in [3.05, 3.63) is 59.7 Å². The fourth-order valence-electron chi connectivity index (χ4n) is 1.17. The van der Waals surface area contributed by atoms with Crippen LogP contribution < -0.4 is 11.5 Å². The summed E-state index contributed by atoms with van der Waals surface area (Å²) in [6.07, 6.45) is 0. The molecule has 0 aromatic heterocycles. The smallest absolute Gasteiger partial charge is 0.0547 e. The van der Waals surface area contributed by atoms with Crippen molar-refractivity contribution in [1.29, 1.82) is 0 Å². The third-order valence-corrected chi connectivity index (χ3v) is 2.42. The van der Waals surface area contributed by atoms with Gasteiger partial charge in [-0.15, -0.1) is 0 Å². The van der Waals surface area contributed by atoms with Crippen LogP contribution in [0.25, 0.3) is 0 Å². The number of nitrogen functional groups attached to an aromatic ring is 2. The van der Waals surface area contributed by atoms with E-state index in [0.717, 1.165) is 0 Å². The molecule has 2 aromatic rings. The lowest BCUT2D eigenvalue weighted by Gasteiger charge is -1.94. The van der Waals surface area contributed by atoms with Gasteiger partial charge in [0.15, 0.2) is 0 Å². The van der Waals surface area contributed by atoms with E-state index in [-0.39, 0.29) is 0 Å². The fraction of sp³-hybridized carbons (Fsp3) is 0.143. The molecule has 0 aliphatic heterocycles. The molecule has 2 rings (SSSR count). The maximum absolute atomic E-state index is 5.39. The van der Waals surface area contributed by atoms with Crippen molar-refractivity contribution in [2.24, 2.45) is 0 Å². The van der Waals surface area contributed by atoms with Gasteiger partial charge < -0.3 is 11.5 Å². The molecule has 16 heavy (non-hydrogen) atoms. The minimum atomic E-state index is 0.646. The van der Waals surface area contributed by atoms with Gasteiger partial charge in [-0.05, 0) is 37.1 Å². The lowest BCUT2D eigenvalue weighted by Crippen LogP contribution is -1.91. The average molecular weight is 214 g/mol. The Labute approximate surface area is 96.9 Å². The fourth-order valence-corrected chi connectivity index (χ4v) is 1.17. The standard InChI is InChI=1S/C8H10.C6H8N2/c1-7-5-3-4-6-8(7)2;7-5-3-1-2-4-6(5)8/h3-6H,1-2H3;1-4H,7-8H2. The zero-order valence-electron chi connectivity index (χ0n) is 9.77. The molecule has 0 aliphatic carbocycles. The monoisotopic (exact) mass is 214 g/mol. The Kier molecular flexibility index (Phi) is 4.40. The first-order valence-corrected chi connectivity index (χ1v) is 5.23. The topological polar surface area (TPSA) is 52.0 Å². The van der Waals surface area contributed by atoms with Crippen molar-refractivity contribution in [2.75, 3.05) is 11.5 Å². The van der Waals surface area contributed by atoms with Crippen LogP contribution >= 0.6 is 0 Å². The van der Waals surface area contributed by atoms with E-state index in [1.165, 1.54) is 11.1 Å². The van der Waals surface area contributed by atoms with E-state index in [2.05, 4.69) is 38.1 Å². The van der Waals surface area contributed by atoms with Crippen molar-refractivity contribution in [1.82, 2.24) is 0 Å². The molecule has 0 saturated carbocycles. The van der Waals surface area contributed by atoms with E-state index in [1.54, 1.807) is 12.1 Å². The molecule has 0 spiro atoms. The highest BCUT2D eigenvalue weighted by molar-refractivity contribution is 5.62. The Morgan fingerprint density at radius 1 is 0.625 bits per heavy atom. The molecule has 2 aromatic carbocycles. The number of nitrogens with two attached hydrogens (primary N) is 2. The van der Waals surface area contributed by atoms with Crippen LogP contribution in [0.15, 0.2) is 48.5 Å². The number of rotatable bonds is 0. The first kappa shape index (κ1) is 12.1. The van der Waals surface area contributed by atoms with Crippen LogP contribution in [0.4, 0.5) is 11.4 Å². The Morgan fingerprint density at radius 2 is 0.938 bits per heavy atom. The van der Waals surface area contributed by atoms with Crippen LogP contribution in [0.1, 0.15) is 11.1 Å². The molecule has 0 saturated heterocycles. The molecule has 0 fully saturated rings. The highest BCUT2D eigenvalue weighted by atomic mass is 14.7. The Morgan fingerprint density at radius 3 is 1.19 bits per heavy atom. The molecular formula is C14H18N2. The lowest BCUT2D eigenvalue weighted by molar-refractivity contribution is 1.34. The largest absolute Gasteiger partial charge is 0.397 e. The number of para-hydroxylation sites is 2. The van der Waals surface area contributed by atoms with Crippen molar-refractivity contribution >= 4 is 11.4 Å². The van der Waals surface area contributed by atoms with E-state index in [0.29, 0.717) is 11.4 Å². The van der Waals surface area contributed by atoms with Crippen molar-refractivity contribution in [3.63, 3.8) is 0 Å². The van der Waals surface area contributed by atoms with Gasteiger partial charge in [-0.1, -0.05) is 36.4 Å². The first-order valence-electron chi connectivity index (χ1n) is 5.23. The predicted molar refractivity (Wildman–Crippen MR) is 71.2 cm³/mol. The van der Waals surface area contributed by atoms with Crippen LogP contribution in [0.3, 0.4) is 0 Å². The van der Waals surface area contributed by atoms with Crippen molar-refractivity contribution in [2.45, 2.75) is 13.8 Å². The van der Waals surface area contributed by atoms with Gasteiger partial charge in [-0.2, -0.15) is 0 Å². The molecular weight excluding hydrogens is 196 g/mol. The van der Waals surface area contributed by atoms with Gasteiger partial charge in [0.2, 0.25) is 0 Å². The van der Waals surface area contributed by atoms with E-state index >= 15 is 0 Å². The minimum absolute atomic E-state index is 0.646. The Bertz CT molecular complexity index is 364. The molecule has 0 aliphatic rings. The summed E-state index contributed by atoms with van der Waals surface area (Å²) < 4.78 is 0. The average Bonchev–Trinajstić information content (AvgIpc) is 2.28. The van der Waals surface area contributed by atoms with Crippen LogP contribution in [0, 0.1) is 13.8 Å². The van der Waals surface area contributed by atoms with Gasteiger partial charge in [-0.25, -0.2) is 0 Å². The van der Waals surface area contributed by atoms with Crippen LogP contribution in [0.2, 0.25) is 0 Å². The number of aryl methyl sites for hydroxylation is 2. The third-order valence-electron chi connectivity index (χ3n) is 2.42. The van der Waals surface area contributed by atoms with E-state index in [9.17, 15) is 0 Å². The molecule has 0 atom stereocenters. The summed E-state index contributed by atoms with van der Waals surface area (Å²) in [5.41, 5.74) is 14.8. The maximum Gasteiger partial charge on any atom is 0.0547 e. The molecule has 0 bridgehead atoms. The first-order chi connectivity index (χ1) is 7.61. The van der Waals surface area contributed by atoms with E-state index < -0.39 is 0 Å². The molecule has 2 heteroatoms. The summed E-state index contributed by atoms with van der Waals surface area (Å²) in [4.78, 5) is 0. The summed E-state index contributed by atoms with van der Waals surface area (Å²) in [6, 6.07) is 15.6. The van der Waals surface area contributed by atoms with Gasteiger partial charge in [0.05, 0.1) is 11.4 Å². The minimum Gasteiger partial charge on any atom is -0.397 e. The number of benzene rings is 2. The zero-order valence-corrected chi connectivity index (χ0v) is 9.77. The number of anilines is 2. The maximum atomic E-state index is 5.39. The van der Waals surface area contributed by atoms with Gasteiger partial charge in [0.1, 0.15) is 0 Å². The van der Waals surface area contributed by atoms with Crippen molar-refractivity contribution < 1.29 is 0 Å². The second kappa shape index (κ2) is 5.81. The molecule has 0 radical (unpaired) electrons. The highest BCUT2D eigenvalue weighted by Gasteiger charge is 1.85. The van der Waals surface area contributed by atoms with Crippen LogP contribution in [0.5, 0.6) is 0 Å². The van der Waals surface area contributed by atoms with Crippen molar-refractivity contribution in [3.8, 4) is 0 Å². The van der Waals surface area contributed by atoms with Gasteiger partial charge in [0.25, 0.3) is 0 Å². The van der Waals surface area contributed by atoms with Crippen LogP contribution in [-0.4, -0.2) is 0 Å². The van der Waals surface area contributed by atoms with Gasteiger partial charge in [0, 0.05) is 0 Å². The molecule has 0 heterocycles. The molecule has 2 nitrogen and oxygen atoms in total. The summed E-state index contributed by atoms with van der Waals surface area (Å²) in [5, 5.41) is 0. The number of hydrogen-bond acceptors (Lipinski definition) is 2. The Hall–Kier alpha value is -1.96. The summed E-state index contributed by atoms with van der Waals surface area (Å²) in [7, 11) is 0. The zero-order chi connectivity index (χ0) is 12.0. The second-order valence-corrected chi connectivity index (χ2v) is 3.71.